The fourth-order valence-electron chi connectivity index (χ4n) is 1.40. The standard InChI is InChI=1S/C10H10N2/c1-3-9-8-5-4-6-10(8)12-7(2)11-9/h5-6H,3H2,1-2H3. The van der Waals surface area contributed by atoms with Gasteiger partial charge in [0, 0.05) is 11.6 Å². The molecule has 1 aliphatic rings. The summed E-state index contributed by atoms with van der Waals surface area (Å²) >= 11 is 0. The molecule has 12 heavy (non-hydrogen) atoms. The Morgan fingerprint density at radius 1 is 1.33 bits per heavy atom. The molecule has 0 N–H and O–H groups in total. The van der Waals surface area contributed by atoms with Gasteiger partial charge in [-0.3, -0.25) is 0 Å². The summed E-state index contributed by atoms with van der Waals surface area (Å²) in [6.07, 6.45) is 4.81. The van der Waals surface area contributed by atoms with Gasteiger partial charge in [-0.2, -0.15) is 0 Å². The maximum absolute atomic E-state index is 4.36. The zero-order chi connectivity index (χ0) is 8.55. The number of fused-ring (bicyclic) bond motifs is 1. The summed E-state index contributed by atoms with van der Waals surface area (Å²) in [5, 5.41) is 0. The van der Waals surface area contributed by atoms with E-state index in [1.807, 2.05) is 19.1 Å². The molecule has 0 aliphatic heterocycles. The number of rotatable bonds is 1. The van der Waals surface area contributed by atoms with Gasteiger partial charge in [0.1, 0.15) is 5.82 Å². The molecular formula is C10H10N2. The third-order valence-corrected chi connectivity index (χ3v) is 1.95. The second-order valence-corrected chi connectivity index (χ2v) is 2.83. The van der Waals surface area contributed by atoms with E-state index in [1.165, 1.54) is 0 Å². The molecule has 0 atom stereocenters. The molecule has 0 bridgehead atoms. The summed E-state index contributed by atoms with van der Waals surface area (Å²) in [6.45, 7) is 4.03. The van der Waals surface area contributed by atoms with E-state index in [0.29, 0.717) is 0 Å². The Morgan fingerprint density at radius 2 is 2.17 bits per heavy atom. The first-order chi connectivity index (χ1) is 5.81. The quantitative estimate of drug-likeness (QED) is 0.593. The Balaban J connectivity index is 2.65. The largest absolute Gasteiger partial charge is 0.238 e. The molecule has 0 saturated heterocycles. The Hall–Kier alpha value is -1.40. The summed E-state index contributed by atoms with van der Waals surface area (Å²) in [5.41, 5.74) is 6.32. The molecular weight excluding hydrogens is 148 g/mol. The van der Waals surface area contributed by atoms with E-state index < -0.39 is 0 Å². The predicted molar refractivity (Wildman–Crippen MR) is 48.6 cm³/mol. The minimum Gasteiger partial charge on any atom is -0.238 e. The molecule has 0 fully saturated rings. The summed E-state index contributed by atoms with van der Waals surface area (Å²) in [4.78, 5) is 8.66. The van der Waals surface area contributed by atoms with E-state index in [9.17, 15) is 0 Å². The lowest BCUT2D eigenvalue weighted by atomic mass is 10.1. The van der Waals surface area contributed by atoms with E-state index in [4.69, 9.17) is 0 Å². The fraction of sp³-hybridized carbons (Fsp3) is 0.300. The normalized spacial score (nSPS) is 12.2. The second kappa shape index (κ2) is 2.58. The number of aryl methyl sites for hydroxylation is 2. The van der Waals surface area contributed by atoms with Crippen molar-refractivity contribution in [1.82, 2.24) is 9.97 Å². The maximum Gasteiger partial charge on any atom is 0.126 e. The number of hydrogen-bond donors (Lipinski definition) is 0. The van der Waals surface area contributed by atoms with Gasteiger partial charge in [-0.05, 0) is 19.4 Å². The summed E-state index contributed by atoms with van der Waals surface area (Å²) in [7, 11) is 0. The van der Waals surface area contributed by atoms with Gasteiger partial charge in [-0.25, -0.2) is 9.97 Å². The minimum absolute atomic E-state index is 0.846. The first-order valence-electron chi connectivity index (χ1n) is 4.11. The molecule has 0 spiro atoms. The van der Waals surface area contributed by atoms with E-state index in [1.54, 1.807) is 0 Å². The molecule has 1 aromatic heterocycles. The van der Waals surface area contributed by atoms with Crippen molar-refractivity contribution in [3.8, 4) is 0 Å². The van der Waals surface area contributed by atoms with Crippen LogP contribution in [0.15, 0.2) is 5.73 Å². The van der Waals surface area contributed by atoms with Crippen LogP contribution in [-0.4, -0.2) is 9.97 Å². The van der Waals surface area contributed by atoms with Crippen molar-refractivity contribution in [3.63, 3.8) is 0 Å². The van der Waals surface area contributed by atoms with Crippen LogP contribution in [0.3, 0.4) is 0 Å². The molecule has 1 heterocycles. The van der Waals surface area contributed by atoms with Gasteiger partial charge in [0.25, 0.3) is 0 Å². The van der Waals surface area contributed by atoms with Gasteiger partial charge in [-0.15, -0.1) is 5.73 Å². The van der Waals surface area contributed by atoms with Gasteiger partial charge in [0.2, 0.25) is 0 Å². The molecule has 2 nitrogen and oxygen atoms in total. The van der Waals surface area contributed by atoms with Crippen LogP contribution in [-0.2, 0) is 6.42 Å². The SMILES string of the molecule is CCc1nc(C)nc2c1C=C=C2. The molecule has 1 aliphatic carbocycles. The van der Waals surface area contributed by atoms with Crippen LogP contribution >= 0.6 is 0 Å². The highest BCUT2D eigenvalue weighted by atomic mass is 14.9. The van der Waals surface area contributed by atoms with Crippen molar-refractivity contribution in [3.05, 3.63) is 28.5 Å². The van der Waals surface area contributed by atoms with E-state index in [2.05, 4.69) is 22.6 Å². The van der Waals surface area contributed by atoms with Crippen molar-refractivity contribution >= 4 is 12.2 Å². The molecule has 0 radical (unpaired) electrons. The van der Waals surface area contributed by atoms with Crippen LogP contribution in [0, 0.1) is 6.92 Å². The van der Waals surface area contributed by atoms with Crippen molar-refractivity contribution in [1.29, 1.82) is 0 Å². The van der Waals surface area contributed by atoms with Crippen molar-refractivity contribution in [2.75, 3.05) is 0 Å². The smallest absolute Gasteiger partial charge is 0.126 e. The monoisotopic (exact) mass is 158 g/mol. The molecule has 2 rings (SSSR count). The zero-order valence-corrected chi connectivity index (χ0v) is 7.26. The van der Waals surface area contributed by atoms with Gasteiger partial charge in [-0.1, -0.05) is 6.92 Å². The van der Waals surface area contributed by atoms with Gasteiger partial charge < -0.3 is 0 Å². The average molecular weight is 158 g/mol. The van der Waals surface area contributed by atoms with Gasteiger partial charge >= 0.3 is 0 Å². The highest BCUT2D eigenvalue weighted by molar-refractivity contribution is 5.71. The molecule has 0 saturated carbocycles. The number of nitrogens with zero attached hydrogens (tertiary/aromatic N) is 2. The summed E-state index contributed by atoms with van der Waals surface area (Å²) < 4.78 is 0. The van der Waals surface area contributed by atoms with Crippen LogP contribution < -0.4 is 0 Å². The highest BCUT2D eigenvalue weighted by Gasteiger charge is 2.09. The first-order valence-corrected chi connectivity index (χ1v) is 4.11. The average Bonchev–Trinajstić information content (AvgIpc) is 2.50. The van der Waals surface area contributed by atoms with Crippen molar-refractivity contribution in [2.24, 2.45) is 0 Å². The first kappa shape index (κ1) is 7.26. The highest BCUT2D eigenvalue weighted by Crippen LogP contribution is 2.19. The van der Waals surface area contributed by atoms with Crippen molar-refractivity contribution in [2.45, 2.75) is 20.3 Å². The van der Waals surface area contributed by atoms with Crippen LogP contribution in [0.1, 0.15) is 29.7 Å². The number of aromatic nitrogens is 2. The lowest BCUT2D eigenvalue weighted by Gasteiger charge is -2.03. The lowest BCUT2D eigenvalue weighted by Crippen LogP contribution is -1.99. The summed E-state index contributed by atoms with van der Waals surface area (Å²) in [5.74, 6) is 0.846. The van der Waals surface area contributed by atoms with E-state index in [0.717, 1.165) is 29.2 Å². The topological polar surface area (TPSA) is 25.8 Å². The molecule has 0 amide bonds. The van der Waals surface area contributed by atoms with Crippen LogP contribution in [0.2, 0.25) is 0 Å². The van der Waals surface area contributed by atoms with Gasteiger partial charge in [0.15, 0.2) is 0 Å². The zero-order valence-electron chi connectivity index (χ0n) is 7.26. The number of hydrogen-bond acceptors (Lipinski definition) is 2. The molecule has 1 aromatic rings. The Bertz CT molecular complexity index is 385. The Kier molecular flexibility index (Phi) is 1.56. The predicted octanol–water partition coefficient (Wildman–Crippen LogP) is 1.99. The van der Waals surface area contributed by atoms with Crippen LogP contribution in [0.4, 0.5) is 0 Å². The molecule has 0 unspecified atom stereocenters. The molecule has 2 heteroatoms. The van der Waals surface area contributed by atoms with Crippen LogP contribution in [0.5, 0.6) is 0 Å². The fourth-order valence-corrected chi connectivity index (χ4v) is 1.40. The Labute approximate surface area is 71.7 Å². The third-order valence-electron chi connectivity index (χ3n) is 1.95. The van der Waals surface area contributed by atoms with E-state index >= 15 is 0 Å². The second-order valence-electron chi connectivity index (χ2n) is 2.83. The summed E-state index contributed by atoms with van der Waals surface area (Å²) in [6, 6.07) is 0. The lowest BCUT2D eigenvalue weighted by molar-refractivity contribution is 0.938. The minimum atomic E-state index is 0.846. The maximum atomic E-state index is 4.36. The molecule has 0 aromatic carbocycles. The Morgan fingerprint density at radius 3 is 2.92 bits per heavy atom. The van der Waals surface area contributed by atoms with E-state index in [-0.39, 0.29) is 0 Å². The molecule has 60 valence electrons. The van der Waals surface area contributed by atoms with Crippen molar-refractivity contribution < 1.29 is 0 Å². The van der Waals surface area contributed by atoms with Gasteiger partial charge in [0.05, 0.1) is 11.4 Å². The van der Waals surface area contributed by atoms with Crippen LogP contribution in [0.25, 0.3) is 12.2 Å². The third kappa shape index (κ3) is 0.973.